The average molecular weight is 519 g/mol. The number of aliphatic hydroxyl groups excluding tert-OH is 3. The molecule has 206 valence electrons. The first kappa shape index (κ1) is 26.0. The van der Waals surface area contributed by atoms with Crippen LogP contribution in [0.4, 0.5) is 0 Å². The molecule has 37 heavy (non-hydrogen) atoms. The number of carbonyl (C=O) groups excluding carboxylic acids is 1. The maximum atomic E-state index is 12.3. The molecule has 0 spiro atoms. The summed E-state index contributed by atoms with van der Waals surface area (Å²) in [4.78, 5) is 11.8. The van der Waals surface area contributed by atoms with Crippen LogP contribution in [0.1, 0.15) is 72.1 Å². The Morgan fingerprint density at radius 2 is 1.81 bits per heavy atom. The fraction of sp³-hybridized carbons (Fsp3) is 0.828. The Labute approximate surface area is 218 Å². The summed E-state index contributed by atoms with van der Waals surface area (Å²) in [5.74, 6) is 0.181. The van der Waals surface area contributed by atoms with Crippen molar-refractivity contribution in [1.29, 1.82) is 0 Å². The molecule has 1 saturated heterocycles. The second-order valence-corrected chi connectivity index (χ2v) is 13.2. The molecule has 2 aliphatic heterocycles. The number of esters is 1. The van der Waals surface area contributed by atoms with Gasteiger partial charge in [0.1, 0.15) is 12.7 Å². The van der Waals surface area contributed by atoms with Gasteiger partial charge in [0.15, 0.2) is 12.6 Å². The molecular weight excluding hydrogens is 476 g/mol. The van der Waals surface area contributed by atoms with Gasteiger partial charge in [0.25, 0.3) is 0 Å². The maximum absolute atomic E-state index is 12.3. The van der Waals surface area contributed by atoms with Crippen molar-refractivity contribution in [2.45, 2.75) is 109 Å². The largest absolute Gasteiger partial charge is 0.458 e. The van der Waals surface area contributed by atoms with E-state index in [1.54, 1.807) is 13.0 Å². The second kappa shape index (κ2) is 8.86. The van der Waals surface area contributed by atoms with E-state index in [1.165, 1.54) is 0 Å². The van der Waals surface area contributed by atoms with Crippen molar-refractivity contribution in [3.63, 3.8) is 0 Å². The SMILES string of the molecule is CC1[C@H](O)OC(O[C@H]2CC[C@@]3(C)[C@H](CC[C@@H]4[C@@H]3CC[C@]3(C)C(C5=CC(=O)OC5)=CC[C@]43O)C2)[C@@H](O)[C@@H]1O. The Bertz CT molecular complexity index is 1010. The molecule has 12 atom stereocenters. The highest BCUT2D eigenvalue weighted by atomic mass is 16.7. The van der Waals surface area contributed by atoms with E-state index in [-0.39, 0.29) is 28.8 Å². The van der Waals surface area contributed by atoms with E-state index in [4.69, 9.17) is 14.2 Å². The fourth-order valence-corrected chi connectivity index (χ4v) is 9.18. The quantitative estimate of drug-likeness (QED) is 0.332. The van der Waals surface area contributed by atoms with Crippen LogP contribution in [0.25, 0.3) is 0 Å². The topological polar surface area (TPSA) is 126 Å². The van der Waals surface area contributed by atoms with Gasteiger partial charge in [-0.15, -0.1) is 0 Å². The molecule has 3 saturated carbocycles. The summed E-state index contributed by atoms with van der Waals surface area (Å²) in [6.45, 7) is 6.53. The number of hydrogen-bond donors (Lipinski definition) is 4. The van der Waals surface area contributed by atoms with Crippen molar-refractivity contribution in [2.75, 3.05) is 6.61 Å². The Morgan fingerprint density at radius 3 is 2.54 bits per heavy atom. The molecule has 4 fully saturated rings. The van der Waals surface area contributed by atoms with Crippen molar-refractivity contribution in [3.8, 4) is 0 Å². The summed E-state index contributed by atoms with van der Waals surface area (Å²) in [5, 5.41) is 43.2. The van der Waals surface area contributed by atoms with Crippen molar-refractivity contribution in [3.05, 3.63) is 23.3 Å². The highest BCUT2D eigenvalue weighted by molar-refractivity contribution is 5.86. The zero-order valence-electron chi connectivity index (χ0n) is 22.1. The molecule has 8 nitrogen and oxygen atoms in total. The van der Waals surface area contributed by atoms with Crippen LogP contribution in [0, 0.1) is 34.5 Å². The molecule has 6 rings (SSSR count). The molecule has 0 amide bonds. The standard InChI is InChI=1S/C29H42O8/c1-15-23(31)24(32)26(37-25(15)33)36-18-6-9-27(2)17(13-18)4-5-21-20(27)7-10-28(3)19(8-11-29(21,28)34)16-12-22(30)35-14-16/h8,12,15,17-18,20-21,23-26,31-34H,4-7,9-11,13-14H2,1-3H3/t15?,17-,18+,20+,21-,23-,24+,25-,26?,27+,28-,29+/m1/s1. The monoisotopic (exact) mass is 518 g/mol. The van der Waals surface area contributed by atoms with Crippen LogP contribution in [0.3, 0.4) is 0 Å². The van der Waals surface area contributed by atoms with Crippen LogP contribution in [-0.2, 0) is 19.0 Å². The molecule has 2 unspecified atom stereocenters. The van der Waals surface area contributed by atoms with Crippen LogP contribution >= 0.6 is 0 Å². The third-order valence-electron chi connectivity index (χ3n) is 11.6. The molecule has 4 aliphatic carbocycles. The smallest absolute Gasteiger partial charge is 0.331 e. The fourth-order valence-electron chi connectivity index (χ4n) is 9.18. The molecule has 6 aliphatic rings. The lowest BCUT2D eigenvalue weighted by atomic mass is 9.43. The Morgan fingerprint density at radius 1 is 1.03 bits per heavy atom. The van der Waals surface area contributed by atoms with Gasteiger partial charge in [-0.2, -0.15) is 0 Å². The van der Waals surface area contributed by atoms with Gasteiger partial charge in [0, 0.05) is 23.0 Å². The highest BCUT2D eigenvalue weighted by Gasteiger charge is 2.65. The van der Waals surface area contributed by atoms with Gasteiger partial charge in [-0.05, 0) is 80.1 Å². The van der Waals surface area contributed by atoms with Crippen molar-refractivity contribution >= 4 is 5.97 Å². The number of cyclic esters (lactones) is 1. The van der Waals surface area contributed by atoms with Crippen LogP contribution < -0.4 is 0 Å². The number of fused-ring (bicyclic) bond motifs is 5. The van der Waals surface area contributed by atoms with E-state index in [0.717, 1.165) is 56.1 Å². The minimum atomic E-state index is -1.19. The summed E-state index contributed by atoms with van der Waals surface area (Å²) >= 11 is 0. The normalized spacial score (nSPS) is 53.5. The van der Waals surface area contributed by atoms with Gasteiger partial charge >= 0.3 is 5.97 Å². The molecule has 0 aromatic rings. The molecule has 4 N–H and O–H groups in total. The molecule has 0 bridgehead atoms. The van der Waals surface area contributed by atoms with Gasteiger partial charge in [0.05, 0.1) is 17.8 Å². The van der Waals surface area contributed by atoms with Crippen molar-refractivity contribution in [2.24, 2.45) is 34.5 Å². The van der Waals surface area contributed by atoms with Gasteiger partial charge < -0.3 is 34.6 Å². The van der Waals surface area contributed by atoms with Crippen molar-refractivity contribution < 1.29 is 39.4 Å². The van der Waals surface area contributed by atoms with E-state index >= 15 is 0 Å². The lowest BCUT2D eigenvalue weighted by Crippen LogP contribution is -2.62. The van der Waals surface area contributed by atoms with Crippen molar-refractivity contribution in [1.82, 2.24) is 0 Å². The minimum absolute atomic E-state index is 0.0911. The van der Waals surface area contributed by atoms with Gasteiger partial charge in [0.2, 0.25) is 0 Å². The maximum Gasteiger partial charge on any atom is 0.331 e. The zero-order chi connectivity index (χ0) is 26.3. The van der Waals surface area contributed by atoms with Gasteiger partial charge in [-0.1, -0.05) is 26.8 Å². The minimum Gasteiger partial charge on any atom is -0.458 e. The molecular formula is C29H42O8. The summed E-state index contributed by atoms with van der Waals surface area (Å²) in [6.07, 6.45) is 6.32. The molecule has 8 heteroatoms. The predicted octanol–water partition coefficient (Wildman–Crippen LogP) is 2.58. The van der Waals surface area contributed by atoms with Crippen LogP contribution in [-0.4, -0.2) is 69.5 Å². The number of ether oxygens (including phenoxy) is 3. The van der Waals surface area contributed by atoms with E-state index in [1.807, 2.05) is 0 Å². The Hall–Kier alpha value is -1.29. The third kappa shape index (κ3) is 3.74. The summed E-state index contributed by atoms with van der Waals surface area (Å²) < 4.78 is 16.9. The second-order valence-electron chi connectivity index (χ2n) is 13.2. The molecule has 0 aromatic carbocycles. The number of aliphatic hydroxyl groups is 4. The van der Waals surface area contributed by atoms with Gasteiger partial charge in [-0.25, -0.2) is 4.79 Å². The van der Waals surface area contributed by atoms with Crippen LogP contribution in [0.15, 0.2) is 23.3 Å². The lowest BCUT2D eigenvalue weighted by molar-refractivity contribution is -0.340. The first-order valence-electron chi connectivity index (χ1n) is 14.1. The van der Waals surface area contributed by atoms with Gasteiger partial charge in [-0.3, -0.25) is 0 Å². The molecule has 0 aromatic heterocycles. The van der Waals surface area contributed by atoms with E-state index < -0.39 is 36.3 Å². The van der Waals surface area contributed by atoms with E-state index in [9.17, 15) is 25.2 Å². The number of carbonyl (C=O) groups is 1. The van der Waals surface area contributed by atoms with Crippen LogP contribution in [0.5, 0.6) is 0 Å². The summed E-state index contributed by atoms with van der Waals surface area (Å²) in [6, 6.07) is 0. The van der Waals surface area contributed by atoms with E-state index in [0.29, 0.717) is 24.9 Å². The number of rotatable bonds is 3. The third-order valence-corrected chi connectivity index (χ3v) is 11.6. The predicted molar refractivity (Wildman–Crippen MR) is 133 cm³/mol. The average Bonchev–Trinajstić information content (AvgIpc) is 3.41. The lowest BCUT2D eigenvalue weighted by Gasteiger charge is -2.63. The first-order chi connectivity index (χ1) is 17.5. The molecule has 0 radical (unpaired) electrons. The summed E-state index contributed by atoms with van der Waals surface area (Å²) in [5.41, 5.74) is 0.936. The summed E-state index contributed by atoms with van der Waals surface area (Å²) in [7, 11) is 0. The Kier molecular flexibility index (Phi) is 6.22. The molecule has 2 heterocycles. The Balaban J connectivity index is 1.16. The van der Waals surface area contributed by atoms with Crippen LogP contribution in [0.2, 0.25) is 0 Å². The van der Waals surface area contributed by atoms with E-state index in [2.05, 4.69) is 19.9 Å². The zero-order valence-corrected chi connectivity index (χ0v) is 22.1. The number of hydrogen-bond acceptors (Lipinski definition) is 8. The highest BCUT2D eigenvalue weighted by Crippen LogP contribution is 2.68. The first-order valence-corrected chi connectivity index (χ1v) is 14.1.